The molecule has 0 spiro atoms. The molecular weight excluding hydrogens is 348 g/mol. The Morgan fingerprint density at radius 3 is 2.93 bits per heavy atom. The van der Waals surface area contributed by atoms with Crippen LogP contribution in [0.4, 0.5) is 5.69 Å². The quantitative estimate of drug-likeness (QED) is 0.773. The fourth-order valence-corrected chi connectivity index (χ4v) is 3.18. The summed E-state index contributed by atoms with van der Waals surface area (Å²) >= 11 is 0. The normalized spacial score (nSPS) is 19.0. The zero-order chi connectivity index (χ0) is 19.4. The van der Waals surface area contributed by atoms with Gasteiger partial charge in [0.2, 0.25) is 11.8 Å². The van der Waals surface area contributed by atoms with Crippen LogP contribution in [0.5, 0.6) is 5.75 Å². The van der Waals surface area contributed by atoms with Gasteiger partial charge in [-0.2, -0.15) is 0 Å². The molecule has 1 aliphatic rings. The zero-order valence-corrected chi connectivity index (χ0v) is 15.5. The van der Waals surface area contributed by atoms with Crippen molar-refractivity contribution in [3.63, 3.8) is 0 Å². The molecule has 0 bridgehead atoms. The third kappa shape index (κ3) is 4.68. The number of rotatable bonds is 7. The van der Waals surface area contributed by atoms with Crippen LogP contribution in [0.15, 0.2) is 47.1 Å². The van der Waals surface area contributed by atoms with Gasteiger partial charge in [0.15, 0.2) is 0 Å². The molecule has 2 atom stereocenters. The molecule has 0 saturated carbocycles. The Morgan fingerprint density at radius 1 is 1.41 bits per heavy atom. The lowest BCUT2D eigenvalue weighted by molar-refractivity contribution is -0.127. The van der Waals surface area contributed by atoms with Gasteiger partial charge in [0.25, 0.3) is 0 Å². The van der Waals surface area contributed by atoms with Gasteiger partial charge in [-0.25, -0.2) is 0 Å². The maximum Gasteiger partial charge on any atom is 0.227 e. The monoisotopic (exact) mass is 372 g/mol. The third-order valence-electron chi connectivity index (χ3n) is 4.64. The SMILES string of the molecule is COc1cccc(N2CC(C(=O)NCC(C)(O)Cc3ccco3)CC2=O)c1. The van der Waals surface area contributed by atoms with Gasteiger partial charge in [-0.3, -0.25) is 9.59 Å². The number of hydrogen-bond donors (Lipinski definition) is 2. The Bertz CT molecular complexity index is 800. The average Bonchev–Trinajstić information content (AvgIpc) is 3.29. The van der Waals surface area contributed by atoms with E-state index >= 15 is 0 Å². The molecule has 2 heterocycles. The number of nitrogens with zero attached hydrogens (tertiary/aromatic N) is 1. The average molecular weight is 372 g/mol. The fourth-order valence-electron chi connectivity index (χ4n) is 3.18. The van der Waals surface area contributed by atoms with E-state index in [4.69, 9.17) is 9.15 Å². The molecule has 2 amide bonds. The Hall–Kier alpha value is -2.80. The van der Waals surface area contributed by atoms with Gasteiger partial charge < -0.3 is 24.5 Å². The number of amides is 2. The van der Waals surface area contributed by atoms with Crippen molar-refractivity contribution < 1.29 is 23.8 Å². The molecule has 1 aromatic heterocycles. The van der Waals surface area contributed by atoms with Crippen molar-refractivity contribution in [3.8, 4) is 5.75 Å². The molecule has 144 valence electrons. The first-order valence-electron chi connectivity index (χ1n) is 8.85. The van der Waals surface area contributed by atoms with Crippen molar-refractivity contribution in [2.24, 2.45) is 5.92 Å². The number of methoxy groups -OCH3 is 1. The largest absolute Gasteiger partial charge is 0.497 e. The second-order valence-corrected chi connectivity index (χ2v) is 7.08. The highest BCUT2D eigenvalue weighted by Gasteiger charge is 2.36. The molecule has 2 aromatic rings. The van der Waals surface area contributed by atoms with Crippen LogP contribution in [0.1, 0.15) is 19.1 Å². The maximum atomic E-state index is 12.5. The van der Waals surface area contributed by atoms with E-state index in [1.165, 1.54) is 0 Å². The van der Waals surface area contributed by atoms with E-state index in [9.17, 15) is 14.7 Å². The van der Waals surface area contributed by atoms with E-state index in [-0.39, 0.29) is 24.8 Å². The van der Waals surface area contributed by atoms with Crippen LogP contribution in [-0.2, 0) is 16.0 Å². The molecule has 1 aromatic carbocycles. The molecule has 3 rings (SSSR count). The summed E-state index contributed by atoms with van der Waals surface area (Å²) in [5, 5.41) is 13.2. The van der Waals surface area contributed by atoms with Crippen molar-refractivity contribution in [2.45, 2.75) is 25.4 Å². The molecular formula is C20H24N2O5. The number of furan rings is 1. The highest BCUT2D eigenvalue weighted by atomic mass is 16.5. The minimum atomic E-state index is -1.14. The summed E-state index contributed by atoms with van der Waals surface area (Å²) in [6.45, 7) is 2.02. The molecule has 7 heteroatoms. The van der Waals surface area contributed by atoms with E-state index in [0.717, 1.165) is 0 Å². The van der Waals surface area contributed by atoms with Crippen LogP contribution < -0.4 is 15.0 Å². The summed E-state index contributed by atoms with van der Waals surface area (Å²) < 4.78 is 10.4. The first kappa shape index (κ1) is 19.0. The third-order valence-corrected chi connectivity index (χ3v) is 4.64. The molecule has 2 unspecified atom stereocenters. The van der Waals surface area contributed by atoms with Crippen LogP contribution in [-0.4, -0.2) is 42.7 Å². The predicted molar refractivity (Wildman–Crippen MR) is 99.5 cm³/mol. The molecule has 0 radical (unpaired) electrons. The first-order valence-corrected chi connectivity index (χ1v) is 8.85. The van der Waals surface area contributed by atoms with E-state index in [1.807, 2.05) is 6.07 Å². The highest BCUT2D eigenvalue weighted by molar-refractivity contribution is 6.00. The Kier molecular flexibility index (Phi) is 5.51. The number of benzene rings is 1. The van der Waals surface area contributed by atoms with Crippen molar-refractivity contribution in [2.75, 3.05) is 25.1 Å². The zero-order valence-electron chi connectivity index (χ0n) is 15.5. The predicted octanol–water partition coefficient (Wildman–Crippen LogP) is 1.75. The maximum absolute atomic E-state index is 12.5. The second-order valence-electron chi connectivity index (χ2n) is 7.08. The molecule has 2 N–H and O–H groups in total. The van der Waals surface area contributed by atoms with Gasteiger partial charge in [0.05, 0.1) is 24.9 Å². The molecule has 1 saturated heterocycles. The van der Waals surface area contributed by atoms with E-state index in [2.05, 4.69) is 5.32 Å². The van der Waals surface area contributed by atoms with Gasteiger partial charge in [-0.05, 0) is 31.2 Å². The smallest absolute Gasteiger partial charge is 0.227 e. The number of aliphatic hydroxyl groups is 1. The van der Waals surface area contributed by atoms with Crippen LogP contribution in [0.2, 0.25) is 0 Å². The lowest BCUT2D eigenvalue weighted by atomic mass is 10.00. The van der Waals surface area contributed by atoms with Crippen molar-refractivity contribution in [3.05, 3.63) is 48.4 Å². The Balaban J connectivity index is 1.57. The minimum Gasteiger partial charge on any atom is -0.497 e. The fraction of sp³-hybridized carbons (Fsp3) is 0.400. The van der Waals surface area contributed by atoms with Crippen molar-refractivity contribution >= 4 is 17.5 Å². The summed E-state index contributed by atoms with van der Waals surface area (Å²) in [6, 6.07) is 10.7. The highest BCUT2D eigenvalue weighted by Crippen LogP contribution is 2.28. The number of anilines is 1. The summed E-state index contributed by atoms with van der Waals surface area (Å²) in [4.78, 5) is 26.4. The van der Waals surface area contributed by atoms with Crippen molar-refractivity contribution in [1.29, 1.82) is 0 Å². The number of hydrogen-bond acceptors (Lipinski definition) is 5. The molecule has 1 aliphatic heterocycles. The summed E-state index contributed by atoms with van der Waals surface area (Å²) in [5.41, 5.74) is -0.428. The lowest BCUT2D eigenvalue weighted by Gasteiger charge is -2.23. The van der Waals surface area contributed by atoms with Crippen molar-refractivity contribution in [1.82, 2.24) is 5.32 Å². The first-order chi connectivity index (χ1) is 12.9. The number of carbonyl (C=O) groups is 2. The van der Waals surface area contributed by atoms with E-state index in [1.54, 1.807) is 55.5 Å². The second kappa shape index (κ2) is 7.84. The molecule has 1 fully saturated rings. The molecule has 0 aliphatic carbocycles. The van der Waals surface area contributed by atoms with Gasteiger partial charge >= 0.3 is 0 Å². The summed E-state index contributed by atoms with van der Waals surface area (Å²) in [5.74, 6) is 0.499. The summed E-state index contributed by atoms with van der Waals surface area (Å²) in [6.07, 6.45) is 1.98. The Morgan fingerprint density at radius 2 is 2.22 bits per heavy atom. The summed E-state index contributed by atoms with van der Waals surface area (Å²) in [7, 11) is 1.57. The van der Waals surface area contributed by atoms with Gasteiger partial charge in [0.1, 0.15) is 11.5 Å². The van der Waals surface area contributed by atoms with Crippen LogP contribution >= 0.6 is 0 Å². The van der Waals surface area contributed by atoms with Gasteiger partial charge in [0, 0.05) is 37.7 Å². The number of ether oxygens (including phenoxy) is 1. The molecule has 27 heavy (non-hydrogen) atoms. The van der Waals surface area contributed by atoms with E-state index < -0.39 is 11.5 Å². The minimum absolute atomic E-state index is 0.0797. The van der Waals surface area contributed by atoms with Crippen LogP contribution in [0, 0.1) is 5.92 Å². The van der Waals surface area contributed by atoms with Gasteiger partial charge in [-0.15, -0.1) is 0 Å². The van der Waals surface area contributed by atoms with Gasteiger partial charge in [-0.1, -0.05) is 6.07 Å². The molecule has 7 nitrogen and oxygen atoms in total. The van der Waals surface area contributed by atoms with Crippen LogP contribution in [0.3, 0.4) is 0 Å². The number of carbonyl (C=O) groups excluding carboxylic acids is 2. The number of nitrogens with one attached hydrogen (secondary N) is 1. The lowest BCUT2D eigenvalue weighted by Crippen LogP contribution is -2.44. The van der Waals surface area contributed by atoms with E-state index in [0.29, 0.717) is 30.2 Å². The topological polar surface area (TPSA) is 92.0 Å². The van der Waals surface area contributed by atoms with Crippen LogP contribution in [0.25, 0.3) is 0 Å². The Labute approximate surface area is 157 Å². The standard InChI is InChI=1S/C20H24N2O5/c1-20(25,11-17-7-4-8-27-17)13-21-19(24)14-9-18(23)22(12-14)15-5-3-6-16(10-15)26-2/h3-8,10,14,25H,9,11-13H2,1-2H3,(H,21,24).